The number of hydrogen-bond donors (Lipinski definition) is 1. The second-order valence-electron chi connectivity index (χ2n) is 3.83. The van der Waals surface area contributed by atoms with E-state index in [9.17, 15) is 0 Å². The van der Waals surface area contributed by atoms with E-state index in [-0.39, 0.29) is 0 Å². The van der Waals surface area contributed by atoms with Crippen molar-refractivity contribution in [3.8, 4) is 0 Å². The molecule has 1 aromatic carbocycles. The normalized spacial score (nSPS) is 10.9. The quantitative estimate of drug-likeness (QED) is 0.699. The van der Waals surface area contributed by atoms with Gasteiger partial charge < -0.3 is 4.98 Å². The molecule has 3 aromatic rings. The third kappa shape index (κ3) is 2.03. The van der Waals surface area contributed by atoms with Gasteiger partial charge in [-0.25, -0.2) is 9.97 Å². The first kappa shape index (κ1) is 10.4. The van der Waals surface area contributed by atoms with Gasteiger partial charge in [-0.05, 0) is 25.1 Å². The number of nitrogens with zero attached hydrogens (tertiary/aromatic N) is 2. The van der Waals surface area contributed by atoms with Crippen LogP contribution >= 0.6 is 11.8 Å². The van der Waals surface area contributed by atoms with Crippen LogP contribution in [0.15, 0.2) is 52.8 Å². The van der Waals surface area contributed by atoms with Crippen LogP contribution in [0.1, 0.15) is 5.56 Å². The number of aromatic nitrogens is 3. The van der Waals surface area contributed by atoms with Gasteiger partial charge in [0.05, 0.1) is 5.39 Å². The van der Waals surface area contributed by atoms with Gasteiger partial charge in [-0.15, -0.1) is 0 Å². The molecular formula is C13H11N3S. The zero-order chi connectivity index (χ0) is 11.7. The van der Waals surface area contributed by atoms with E-state index in [4.69, 9.17) is 0 Å². The van der Waals surface area contributed by atoms with Crippen molar-refractivity contribution in [2.75, 3.05) is 0 Å². The molecule has 0 amide bonds. The van der Waals surface area contributed by atoms with Gasteiger partial charge in [0, 0.05) is 11.1 Å². The molecule has 3 nitrogen and oxygen atoms in total. The molecule has 0 saturated carbocycles. The first-order valence-corrected chi connectivity index (χ1v) is 6.17. The fourth-order valence-electron chi connectivity index (χ4n) is 1.65. The first-order valence-electron chi connectivity index (χ1n) is 5.35. The van der Waals surface area contributed by atoms with Crippen molar-refractivity contribution in [1.82, 2.24) is 15.0 Å². The SMILES string of the molecule is Cc1ccc(Sc2ncnc3[nH]ccc23)cc1. The summed E-state index contributed by atoms with van der Waals surface area (Å²) >= 11 is 1.66. The number of aromatic amines is 1. The zero-order valence-electron chi connectivity index (χ0n) is 9.34. The van der Waals surface area contributed by atoms with Gasteiger partial charge in [0.2, 0.25) is 0 Å². The Bertz CT molecular complexity index is 643. The molecule has 17 heavy (non-hydrogen) atoms. The summed E-state index contributed by atoms with van der Waals surface area (Å²) < 4.78 is 0. The average molecular weight is 241 g/mol. The second-order valence-corrected chi connectivity index (χ2v) is 4.90. The molecule has 0 atom stereocenters. The molecule has 2 aromatic heterocycles. The van der Waals surface area contributed by atoms with Crippen LogP contribution in [0.5, 0.6) is 0 Å². The molecule has 0 aliphatic carbocycles. The van der Waals surface area contributed by atoms with Crippen LogP contribution in [-0.2, 0) is 0 Å². The van der Waals surface area contributed by atoms with Crippen LogP contribution in [0.25, 0.3) is 11.0 Å². The van der Waals surface area contributed by atoms with E-state index >= 15 is 0 Å². The zero-order valence-corrected chi connectivity index (χ0v) is 10.2. The molecule has 2 heterocycles. The number of nitrogens with one attached hydrogen (secondary N) is 1. The van der Waals surface area contributed by atoms with Crippen LogP contribution in [0.2, 0.25) is 0 Å². The standard InChI is InChI=1S/C13H11N3S/c1-9-2-4-10(5-3-9)17-13-11-6-7-14-12(11)15-8-16-13/h2-8H,1H3,(H,14,15,16). The van der Waals surface area contributed by atoms with Crippen molar-refractivity contribution in [1.29, 1.82) is 0 Å². The van der Waals surface area contributed by atoms with Crippen molar-refractivity contribution >= 4 is 22.8 Å². The Kier molecular flexibility index (Phi) is 2.57. The first-order chi connectivity index (χ1) is 8.33. The van der Waals surface area contributed by atoms with E-state index in [1.165, 1.54) is 10.5 Å². The fraction of sp³-hybridized carbons (Fsp3) is 0.0769. The van der Waals surface area contributed by atoms with E-state index in [1.54, 1.807) is 18.1 Å². The molecule has 0 aliphatic rings. The molecule has 84 valence electrons. The second kappa shape index (κ2) is 4.22. The Hall–Kier alpha value is -1.81. The average Bonchev–Trinajstić information content (AvgIpc) is 2.81. The molecule has 0 spiro atoms. The molecule has 4 heteroatoms. The predicted molar refractivity (Wildman–Crippen MR) is 69.2 cm³/mol. The Balaban J connectivity index is 1.99. The van der Waals surface area contributed by atoms with Gasteiger partial charge in [-0.3, -0.25) is 0 Å². The summed E-state index contributed by atoms with van der Waals surface area (Å²) in [5.74, 6) is 0. The third-order valence-electron chi connectivity index (χ3n) is 2.55. The minimum Gasteiger partial charge on any atom is -0.346 e. The summed E-state index contributed by atoms with van der Waals surface area (Å²) in [6.45, 7) is 2.09. The van der Waals surface area contributed by atoms with Crippen LogP contribution in [0, 0.1) is 6.92 Å². The van der Waals surface area contributed by atoms with Crippen LogP contribution in [0.4, 0.5) is 0 Å². The molecule has 0 fully saturated rings. The van der Waals surface area contributed by atoms with Crippen LogP contribution in [0.3, 0.4) is 0 Å². The largest absolute Gasteiger partial charge is 0.346 e. The summed E-state index contributed by atoms with van der Waals surface area (Å²) in [5, 5.41) is 2.05. The summed E-state index contributed by atoms with van der Waals surface area (Å²) in [7, 11) is 0. The molecule has 0 bridgehead atoms. The third-order valence-corrected chi connectivity index (χ3v) is 3.58. The lowest BCUT2D eigenvalue weighted by Gasteiger charge is -2.02. The van der Waals surface area contributed by atoms with Crippen LogP contribution in [-0.4, -0.2) is 15.0 Å². The number of hydrogen-bond acceptors (Lipinski definition) is 3. The lowest BCUT2D eigenvalue weighted by molar-refractivity contribution is 1.09. The fourth-order valence-corrected chi connectivity index (χ4v) is 2.52. The molecule has 0 radical (unpaired) electrons. The van der Waals surface area contributed by atoms with Crippen molar-refractivity contribution in [2.24, 2.45) is 0 Å². The van der Waals surface area contributed by atoms with Gasteiger partial charge in [-0.2, -0.15) is 0 Å². The van der Waals surface area contributed by atoms with Gasteiger partial charge >= 0.3 is 0 Å². The van der Waals surface area contributed by atoms with E-state index in [0.29, 0.717) is 0 Å². The van der Waals surface area contributed by atoms with Crippen molar-refractivity contribution in [2.45, 2.75) is 16.8 Å². The highest BCUT2D eigenvalue weighted by atomic mass is 32.2. The maximum atomic E-state index is 4.33. The van der Waals surface area contributed by atoms with Crippen LogP contribution < -0.4 is 0 Å². The highest BCUT2D eigenvalue weighted by Gasteiger charge is 2.05. The van der Waals surface area contributed by atoms with Crippen molar-refractivity contribution < 1.29 is 0 Å². The molecule has 0 aliphatic heterocycles. The summed E-state index contributed by atoms with van der Waals surface area (Å²) in [6, 6.07) is 10.4. The highest BCUT2D eigenvalue weighted by Crippen LogP contribution is 2.30. The number of aryl methyl sites for hydroxylation is 1. The smallest absolute Gasteiger partial charge is 0.141 e. The van der Waals surface area contributed by atoms with Gasteiger partial charge in [0.1, 0.15) is 17.0 Å². The number of benzene rings is 1. The Morgan fingerprint density at radius 2 is 1.88 bits per heavy atom. The maximum Gasteiger partial charge on any atom is 0.141 e. The lowest BCUT2D eigenvalue weighted by atomic mass is 10.2. The number of fused-ring (bicyclic) bond motifs is 1. The highest BCUT2D eigenvalue weighted by molar-refractivity contribution is 7.99. The predicted octanol–water partition coefficient (Wildman–Crippen LogP) is 3.42. The van der Waals surface area contributed by atoms with E-state index in [2.05, 4.69) is 46.1 Å². The van der Waals surface area contributed by atoms with Crippen molar-refractivity contribution in [3.05, 3.63) is 48.4 Å². The molecule has 0 unspecified atom stereocenters. The number of rotatable bonds is 2. The summed E-state index contributed by atoms with van der Waals surface area (Å²) in [4.78, 5) is 12.8. The minimum atomic E-state index is 0.884. The molecule has 1 N–H and O–H groups in total. The maximum absolute atomic E-state index is 4.33. The molecular weight excluding hydrogens is 230 g/mol. The Labute approximate surface area is 103 Å². The van der Waals surface area contributed by atoms with Gasteiger partial charge in [0.15, 0.2) is 0 Å². The van der Waals surface area contributed by atoms with E-state index < -0.39 is 0 Å². The Morgan fingerprint density at radius 3 is 2.71 bits per heavy atom. The summed E-state index contributed by atoms with van der Waals surface area (Å²) in [5.41, 5.74) is 2.15. The number of H-pyrrole nitrogens is 1. The monoisotopic (exact) mass is 241 g/mol. The van der Waals surface area contributed by atoms with E-state index in [0.717, 1.165) is 16.1 Å². The topological polar surface area (TPSA) is 41.6 Å². The Morgan fingerprint density at radius 1 is 1.06 bits per heavy atom. The minimum absolute atomic E-state index is 0.884. The summed E-state index contributed by atoms with van der Waals surface area (Å²) in [6.07, 6.45) is 3.48. The van der Waals surface area contributed by atoms with Crippen molar-refractivity contribution in [3.63, 3.8) is 0 Å². The lowest BCUT2D eigenvalue weighted by Crippen LogP contribution is -1.84. The van der Waals surface area contributed by atoms with Gasteiger partial charge in [-0.1, -0.05) is 29.5 Å². The van der Waals surface area contributed by atoms with E-state index in [1.807, 2.05) is 12.3 Å². The molecule has 0 saturated heterocycles. The molecule has 3 rings (SSSR count). The van der Waals surface area contributed by atoms with Gasteiger partial charge in [0.25, 0.3) is 0 Å².